The van der Waals surface area contributed by atoms with Crippen molar-refractivity contribution in [1.82, 2.24) is 0 Å². The fourth-order valence-corrected chi connectivity index (χ4v) is 2.06. The van der Waals surface area contributed by atoms with Gasteiger partial charge in [0.05, 0.1) is 13.5 Å². The minimum atomic E-state index is -0.393. The van der Waals surface area contributed by atoms with Crippen LogP contribution in [0.4, 0.5) is 0 Å². The van der Waals surface area contributed by atoms with Gasteiger partial charge in [0.1, 0.15) is 12.4 Å². The average Bonchev–Trinajstić information content (AvgIpc) is 2.72. The fraction of sp³-hybridized carbons (Fsp3) is 0.130. The zero-order valence-corrected chi connectivity index (χ0v) is 15.1. The molecule has 0 aromatic heterocycles. The fourth-order valence-electron chi connectivity index (χ4n) is 2.06. The van der Waals surface area contributed by atoms with Crippen LogP contribution in [0.15, 0.2) is 67.3 Å². The second kappa shape index (κ2) is 10.4. The Kier molecular flexibility index (Phi) is 7.62. The lowest BCUT2D eigenvalue weighted by atomic mass is 10.1. The van der Waals surface area contributed by atoms with Crippen molar-refractivity contribution < 1.29 is 19.1 Å². The van der Waals surface area contributed by atoms with Crippen LogP contribution < -0.4 is 4.74 Å². The Morgan fingerprint density at radius 2 is 1.78 bits per heavy atom. The molecule has 4 nitrogen and oxygen atoms in total. The van der Waals surface area contributed by atoms with Gasteiger partial charge in [-0.3, -0.25) is 4.79 Å². The molecule has 0 atom stereocenters. The van der Waals surface area contributed by atoms with Gasteiger partial charge in [-0.25, -0.2) is 4.79 Å². The third-order valence-electron chi connectivity index (χ3n) is 3.58. The van der Waals surface area contributed by atoms with Gasteiger partial charge in [-0.15, -0.1) is 0 Å². The van der Waals surface area contributed by atoms with Crippen molar-refractivity contribution in [3.8, 4) is 17.6 Å². The van der Waals surface area contributed by atoms with Gasteiger partial charge in [-0.1, -0.05) is 42.7 Å². The molecule has 0 fully saturated rings. The molecule has 0 amide bonds. The van der Waals surface area contributed by atoms with Crippen LogP contribution in [0.1, 0.15) is 23.1 Å². The molecule has 0 saturated carbocycles. The van der Waals surface area contributed by atoms with Crippen molar-refractivity contribution >= 4 is 17.8 Å². The van der Waals surface area contributed by atoms with Crippen molar-refractivity contribution in [1.29, 1.82) is 0 Å². The zero-order valence-electron chi connectivity index (χ0n) is 15.1. The summed E-state index contributed by atoms with van der Waals surface area (Å²) in [6.07, 6.45) is 4.50. The summed E-state index contributed by atoms with van der Waals surface area (Å²) in [4.78, 5) is 22.2. The molecule has 0 radical (unpaired) electrons. The second-order valence-electron chi connectivity index (χ2n) is 5.56. The number of esters is 1. The maximum absolute atomic E-state index is 11.1. The Hall–Kier alpha value is -3.58. The molecule has 27 heavy (non-hydrogen) atoms. The monoisotopic (exact) mass is 360 g/mol. The van der Waals surface area contributed by atoms with Gasteiger partial charge in [0.2, 0.25) is 0 Å². The van der Waals surface area contributed by atoms with Gasteiger partial charge in [0.15, 0.2) is 5.78 Å². The molecule has 0 saturated heterocycles. The third kappa shape index (κ3) is 7.05. The number of ether oxygens (including phenoxy) is 2. The van der Waals surface area contributed by atoms with Crippen LogP contribution in [0.3, 0.4) is 0 Å². The summed E-state index contributed by atoms with van der Waals surface area (Å²) in [6.45, 7) is 3.85. The van der Waals surface area contributed by atoms with Crippen LogP contribution in [-0.4, -0.2) is 18.9 Å². The molecule has 0 aliphatic rings. The van der Waals surface area contributed by atoms with E-state index in [4.69, 9.17) is 4.74 Å². The number of methoxy groups -OCH3 is 1. The van der Waals surface area contributed by atoms with E-state index >= 15 is 0 Å². The van der Waals surface area contributed by atoms with E-state index in [0.717, 1.165) is 22.4 Å². The van der Waals surface area contributed by atoms with E-state index in [0.29, 0.717) is 6.61 Å². The van der Waals surface area contributed by atoms with E-state index < -0.39 is 5.97 Å². The summed E-state index contributed by atoms with van der Waals surface area (Å²) in [5.41, 5.74) is 2.74. The number of carbonyl (C=O) groups excluding carboxylic acids is 2. The highest BCUT2D eigenvalue weighted by Crippen LogP contribution is 2.15. The zero-order chi connectivity index (χ0) is 19.5. The highest BCUT2D eigenvalue weighted by Gasteiger charge is 1.98. The lowest BCUT2D eigenvalue weighted by Gasteiger charge is -2.06. The molecule has 4 heteroatoms. The maximum Gasteiger partial charge on any atom is 0.330 e. The predicted molar refractivity (Wildman–Crippen MR) is 105 cm³/mol. The quantitative estimate of drug-likeness (QED) is 0.426. The summed E-state index contributed by atoms with van der Waals surface area (Å²) in [6, 6.07) is 15.1. The Morgan fingerprint density at radius 3 is 2.41 bits per heavy atom. The number of hydrogen-bond acceptors (Lipinski definition) is 4. The average molecular weight is 360 g/mol. The van der Waals surface area contributed by atoms with E-state index in [1.54, 1.807) is 6.08 Å². The SMILES string of the molecule is C=CC(=O)CC#Cc1ccc(COc2ccc(/C=C/C(=O)OC)cc2)cc1. The normalized spacial score (nSPS) is 9.96. The highest BCUT2D eigenvalue weighted by molar-refractivity contribution is 5.90. The molecule has 2 aromatic rings. The number of carbonyl (C=O) groups is 2. The molecule has 0 heterocycles. The lowest BCUT2D eigenvalue weighted by Crippen LogP contribution is -1.95. The summed E-state index contributed by atoms with van der Waals surface area (Å²) < 4.78 is 10.3. The van der Waals surface area contributed by atoms with Crippen molar-refractivity contribution in [2.24, 2.45) is 0 Å². The molecule has 0 bridgehead atoms. The summed E-state index contributed by atoms with van der Waals surface area (Å²) in [5.74, 6) is 6.02. The van der Waals surface area contributed by atoms with E-state index in [1.165, 1.54) is 19.3 Å². The van der Waals surface area contributed by atoms with Crippen LogP contribution in [0.5, 0.6) is 5.75 Å². The minimum Gasteiger partial charge on any atom is -0.489 e. The topological polar surface area (TPSA) is 52.6 Å². The Morgan fingerprint density at radius 1 is 1.07 bits per heavy atom. The number of ketones is 1. The molecule has 0 N–H and O–H groups in total. The largest absolute Gasteiger partial charge is 0.489 e. The predicted octanol–water partition coefficient (Wildman–Crippen LogP) is 3.95. The molecular weight excluding hydrogens is 340 g/mol. The van der Waals surface area contributed by atoms with Crippen LogP contribution in [-0.2, 0) is 20.9 Å². The van der Waals surface area contributed by atoms with Gasteiger partial charge < -0.3 is 9.47 Å². The van der Waals surface area contributed by atoms with Crippen LogP contribution in [0, 0.1) is 11.8 Å². The molecule has 0 aliphatic carbocycles. The summed E-state index contributed by atoms with van der Waals surface area (Å²) in [5, 5.41) is 0. The molecular formula is C23H20O4. The minimum absolute atomic E-state index is 0.0840. The first-order chi connectivity index (χ1) is 13.1. The van der Waals surface area contributed by atoms with Gasteiger partial charge in [0, 0.05) is 11.6 Å². The Bertz CT molecular complexity index is 879. The number of hydrogen-bond donors (Lipinski definition) is 0. The first-order valence-corrected chi connectivity index (χ1v) is 8.32. The van der Waals surface area contributed by atoms with E-state index in [1.807, 2.05) is 48.5 Å². The first-order valence-electron chi connectivity index (χ1n) is 8.32. The van der Waals surface area contributed by atoms with E-state index in [9.17, 15) is 9.59 Å². The second-order valence-corrected chi connectivity index (χ2v) is 5.56. The van der Waals surface area contributed by atoms with Crippen molar-refractivity contribution in [2.75, 3.05) is 7.11 Å². The van der Waals surface area contributed by atoms with Crippen molar-refractivity contribution in [3.05, 3.63) is 84.0 Å². The molecule has 0 aliphatic heterocycles. The first kappa shape index (κ1) is 19.7. The summed E-state index contributed by atoms with van der Waals surface area (Å²) >= 11 is 0. The lowest BCUT2D eigenvalue weighted by molar-refractivity contribution is -0.134. The molecule has 0 spiro atoms. The van der Waals surface area contributed by atoms with Crippen molar-refractivity contribution in [2.45, 2.75) is 13.0 Å². The molecule has 136 valence electrons. The van der Waals surface area contributed by atoms with E-state index in [2.05, 4.69) is 23.2 Å². The Balaban J connectivity index is 1.87. The number of allylic oxidation sites excluding steroid dienone is 1. The molecule has 2 rings (SSSR count). The van der Waals surface area contributed by atoms with Gasteiger partial charge >= 0.3 is 5.97 Å². The van der Waals surface area contributed by atoms with Gasteiger partial charge in [0.25, 0.3) is 0 Å². The number of rotatable bonds is 7. The third-order valence-corrected chi connectivity index (χ3v) is 3.58. The van der Waals surface area contributed by atoms with E-state index in [-0.39, 0.29) is 12.2 Å². The Labute approximate surface area is 159 Å². The molecule has 2 aromatic carbocycles. The van der Waals surface area contributed by atoms with Gasteiger partial charge in [-0.2, -0.15) is 0 Å². The standard InChI is InChI=1S/C23H20O4/c1-3-21(24)6-4-5-18-7-9-20(10-8-18)17-27-22-14-11-19(12-15-22)13-16-23(25)26-2/h3,7-16H,1,6,17H2,2H3/b16-13+. The smallest absolute Gasteiger partial charge is 0.330 e. The maximum atomic E-state index is 11.1. The van der Waals surface area contributed by atoms with Crippen molar-refractivity contribution in [3.63, 3.8) is 0 Å². The van der Waals surface area contributed by atoms with Crippen LogP contribution >= 0.6 is 0 Å². The highest BCUT2D eigenvalue weighted by atomic mass is 16.5. The summed E-state index contributed by atoms with van der Waals surface area (Å²) in [7, 11) is 1.34. The number of benzene rings is 2. The molecule has 0 unspecified atom stereocenters. The van der Waals surface area contributed by atoms with Crippen LogP contribution in [0.25, 0.3) is 6.08 Å². The van der Waals surface area contributed by atoms with Crippen LogP contribution in [0.2, 0.25) is 0 Å². The van der Waals surface area contributed by atoms with Gasteiger partial charge in [-0.05, 0) is 47.5 Å².